The molecule has 1 aromatic heterocycles. The number of hydrogen-bond donors (Lipinski definition) is 0. The van der Waals surface area contributed by atoms with Crippen molar-refractivity contribution in [3.8, 4) is 22.3 Å². The van der Waals surface area contributed by atoms with Crippen molar-refractivity contribution >= 4 is 48.6 Å². The molecule has 44 heavy (non-hydrogen) atoms. The van der Waals surface area contributed by atoms with Crippen molar-refractivity contribution in [3.63, 3.8) is 0 Å². The summed E-state index contributed by atoms with van der Waals surface area (Å²) in [6.45, 7) is 9.51. The van der Waals surface area contributed by atoms with Gasteiger partial charge in [-0.2, -0.15) is 0 Å². The standard InChI is InChI=1S/C42H33NS/c1-41(2)34-16-8-5-12-28(34)30-22-20-26(24-36(30)41)43(27-21-23-32-31-14-7-10-19-38(31)44-39(32)25-27)37-18-11-15-33-29-13-6-9-17-35(29)42(3,4)40(33)37/h5-25H,1-4H3. The summed E-state index contributed by atoms with van der Waals surface area (Å²) in [6, 6.07) is 47.7. The van der Waals surface area contributed by atoms with Gasteiger partial charge in [0.25, 0.3) is 0 Å². The Balaban J connectivity index is 1.31. The third-order valence-electron chi connectivity index (χ3n) is 10.2. The second kappa shape index (κ2) is 8.94. The SMILES string of the molecule is CC1(C)c2ccccc2-c2ccc(N(c3ccc4c(c3)sc3ccccc34)c3cccc4c3C(C)(C)c3ccccc3-4)cc21. The summed E-state index contributed by atoms with van der Waals surface area (Å²) in [5, 5.41) is 2.66. The summed E-state index contributed by atoms with van der Waals surface area (Å²) >= 11 is 1.88. The second-order valence-electron chi connectivity index (χ2n) is 13.4. The molecule has 1 nitrogen and oxygen atoms in total. The first-order valence-corrected chi connectivity index (χ1v) is 16.3. The molecule has 0 aliphatic heterocycles. The normalized spacial score (nSPS) is 15.2. The Morgan fingerprint density at radius 3 is 1.86 bits per heavy atom. The summed E-state index contributed by atoms with van der Waals surface area (Å²) < 4.78 is 2.65. The Morgan fingerprint density at radius 1 is 0.455 bits per heavy atom. The van der Waals surface area contributed by atoms with Crippen molar-refractivity contribution in [1.82, 2.24) is 0 Å². The van der Waals surface area contributed by atoms with Crippen molar-refractivity contribution in [2.75, 3.05) is 4.90 Å². The van der Waals surface area contributed by atoms with Gasteiger partial charge in [-0.25, -0.2) is 0 Å². The van der Waals surface area contributed by atoms with Crippen molar-refractivity contribution in [1.29, 1.82) is 0 Å². The lowest BCUT2D eigenvalue weighted by Crippen LogP contribution is -2.21. The molecule has 2 aliphatic rings. The maximum absolute atomic E-state index is 2.52. The van der Waals surface area contributed by atoms with E-state index in [1.807, 2.05) is 11.3 Å². The van der Waals surface area contributed by atoms with E-state index in [0.717, 1.165) is 0 Å². The number of rotatable bonds is 3. The van der Waals surface area contributed by atoms with Gasteiger partial charge in [0.1, 0.15) is 0 Å². The molecule has 1 heterocycles. The fraction of sp³-hybridized carbons (Fsp3) is 0.143. The molecule has 7 aromatic rings. The van der Waals surface area contributed by atoms with Crippen LogP contribution >= 0.6 is 11.3 Å². The average Bonchev–Trinajstić information content (AvgIpc) is 3.61. The van der Waals surface area contributed by atoms with Crippen LogP contribution in [0.2, 0.25) is 0 Å². The smallest absolute Gasteiger partial charge is 0.0508 e. The summed E-state index contributed by atoms with van der Waals surface area (Å²) in [5.41, 5.74) is 14.4. The van der Waals surface area contributed by atoms with Crippen LogP contribution in [0.4, 0.5) is 17.1 Å². The molecule has 0 N–H and O–H groups in total. The van der Waals surface area contributed by atoms with Gasteiger partial charge in [-0.1, -0.05) is 119 Å². The highest BCUT2D eigenvalue weighted by atomic mass is 32.1. The first-order chi connectivity index (χ1) is 21.3. The van der Waals surface area contributed by atoms with Crippen LogP contribution in [0.15, 0.2) is 127 Å². The largest absolute Gasteiger partial charge is 0.310 e. The zero-order chi connectivity index (χ0) is 29.8. The Bertz CT molecular complexity index is 2300. The molecule has 0 fully saturated rings. The van der Waals surface area contributed by atoms with E-state index < -0.39 is 0 Å². The van der Waals surface area contributed by atoms with Crippen molar-refractivity contribution < 1.29 is 0 Å². The molecule has 0 unspecified atom stereocenters. The van der Waals surface area contributed by atoms with E-state index in [9.17, 15) is 0 Å². The zero-order valence-electron chi connectivity index (χ0n) is 25.5. The van der Waals surface area contributed by atoms with Gasteiger partial charge in [-0.3, -0.25) is 0 Å². The van der Waals surface area contributed by atoms with Crippen molar-refractivity contribution in [2.45, 2.75) is 38.5 Å². The number of fused-ring (bicyclic) bond motifs is 9. The first kappa shape index (κ1) is 25.8. The van der Waals surface area contributed by atoms with Gasteiger partial charge in [-0.15, -0.1) is 11.3 Å². The monoisotopic (exact) mass is 583 g/mol. The van der Waals surface area contributed by atoms with E-state index in [4.69, 9.17) is 0 Å². The van der Waals surface area contributed by atoms with Gasteiger partial charge >= 0.3 is 0 Å². The van der Waals surface area contributed by atoms with Crippen molar-refractivity contribution in [3.05, 3.63) is 150 Å². The molecule has 0 saturated heterocycles. The molecule has 0 saturated carbocycles. The Morgan fingerprint density at radius 2 is 1.05 bits per heavy atom. The van der Waals surface area contributed by atoms with Gasteiger partial charge in [0.05, 0.1) is 5.69 Å². The minimum absolute atomic E-state index is 0.0722. The predicted octanol–water partition coefficient (Wildman–Crippen LogP) is 12.1. The third-order valence-corrected chi connectivity index (χ3v) is 11.4. The lowest BCUT2D eigenvalue weighted by atomic mass is 9.81. The zero-order valence-corrected chi connectivity index (χ0v) is 26.3. The van der Waals surface area contributed by atoms with E-state index in [0.29, 0.717) is 0 Å². The van der Waals surface area contributed by atoms with Crippen LogP contribution in [-0.4, -0.2) is 0 Å². The van der Waals surface area contributed by atoms with Crippen LogP contribution in [0, 0.1) is 0 Å². The molecule has 0 spiro atoms. The van der Waals surface area contributed by atoms with Crippen LogP contribution < -0.4 is 4.90 Å². The highest BCUT2D eigenvalue weighted by molar-refractivity contribution is 7.25. The molecule has 0 bridgehead atoms. The lowest BCUT2D eigenvalue weighted by Gasteiger charge is -2.33. The Labute approximate surface area is 263 Å². The molecule has 212 valence electrons. The van der Waals surface area contributed by atoms with Crippen LogP contribution in [0.3, 0.4) is 0 Å². The average molecular weight is 584 g/mol. The second-order valence-corrected chi connectivity index (χ2v) is 14.5. The minimum atomic E-state index is -0.130. The van der Waals surface area contributed by atoms with Gasteiger partial charge in [0.2, 0.25) is 0 Å². The summed E-state index contributed by atoms with van der Waals surface area (Å²) in [4.78, 5) is 2.52. The maximum atomic E-state index is 2.52. The first-order valence-electron chi connectivity index (χ1n) is 15.5. The molecule has 2 heteroatoms. The number of thiophene rings is 1. The fourth-order valence-corrected chi connectivity index (χ4v) is 9.26. The van der Waals surface area contributed by atoms with E-state index >= 15 is 0 Å². The van der Waals surface area contributed by atoms with Crippen molar-refractivity contribution in [2.24, 2.45) is 0 Å². The Kier molecular flexibility index (Phi) is 5.24. The van der Waals surface area contributed by atoms with Crippen LogP contribution in [0.1, 0.15) is 49.9 Å². The minimum Gasteiger partial charge on any atom is -0.310 e. The van der Waals surface area contributed by atoms with Gasteiger partial charge < -0.3 is 4.90 Å². The van der Waals surface area contributed by atoms with E-state index in [2.05, 4.69) is 160 Å². The molecule has 6 aromatic carbocycles. The number of benzene rings is 6. The molecular weight excluding hydrogens is 551 g/mol. The van der Waals surface area contributed by atoms with Gasteiger partial charge in [0.15, 0.2) is 0 Å². The maximum Gasteiger partial charge on any atom is 0.0508 e. The quantitative estimate of drug-likeness (QED) is 0.200. The molecule has 9 rings (SSSR count). The van der Waals surface area contributed by atoms with Crippen LogP contribution in [-0.2, 0) is 10.8 Å². The summed E-state index contributed by atoms with van der Waals surface area (Å²) in [6.07, 6.45) is 0. The molecule has 0 radical (unpaired) electrons. The fourth-order valence-electron chi connectivity index (χ4n) is 8.12. The van der Waals surface area contributed by atoms with E-state index in [1.165, 1.54) is 81.7 Å². The highest BCUT2D eigenvalue weighted by Gasteiger charge is 2.40. The highest BCUT2D eigenvalue weighted by Crippen LogP contribution is 2.56. The molecular formula is C42H33NS. The molecule has 0 atom stereocenters. The van der Waals surface area contributed by atoms with Crippen LogP contribution in [0.25, 0.3) is 42.4 Å². The third kappa shape index (κ3) is 3.41. The van der Waals surface area contributed by atoms with Gasteiger partial charge in [0, 0.05) is 42.4 Å². The summed E-state index contributed by atoms with van der Waals surface area (Å²) in [5.74, 6) is 0. The Hall–Kier alpha value is -4.66. The lowest BCUT2D eigenvalue weighted by molar-refractivity contribution is 0.658. The number of hydrogen-bond acceptors (Lipinski definition) is 2. The number of anilines is 3. The van der Waals surface area contributed by atoms with E-state index in [1.54, 1.807) is 0 Å². The van der Waals surface area contributed by atoms with Gasteiger partial charge in [-0.05, 0) is 80.9 Å². The summed E-state index contributed by atoms with van der Waals surface area (Å²) in [7, 11) is 0. The van der Waals surface area contributed by atoms with E-state index in [-0.39, 0.29) is 10.8 Å². The van der Waals surface area contributed by atoms with Crippen LogP contribution in [0.5, 0.6) is 0 Å². The molecule has 2 aliphatic carbocycles. The number of nitrogens with zero attached hydrogens (tertiary/aromatic N) is 1. The predicted molar refractivity (Wildman–Crippen MR) is 189 cm³/mol. The topological polar surface area (TPSA) is 3.24 Å². The molecule has 0 amide bonds.